The molecule has 1 amide bonds. The first-order valence-corrected chi connectivity index (χ1v) is 12.2. The molecule has 1 aliphatic heterocycles. The molecule has 2 aromatic carbocycles. The zero-order valence-electron chi connectivity index (χ0n) is 20.2. The van der Waals surface area contributed by atoms with Gasteiger partial charge in [0, 0.05) is 23.5 Å². The molecule has 3 aromatic rings. The van der Waals surface area contributed by atoms with Crippen molar-refractivity contribution < 1.29 is 9.53 Å². The first kappa shape index (κ1) is 24.5. The number of methoxy groups -OCH3 is 1. The van der Waals surface area contributed by atoms with Crippen LogP contribution in [-0.4, -0.2) is 53.7 Å². The number of H-pyrrole nitrogens is 1. The van der Waals surface area contributed by atoms with Crippen LogP contribution in [0.2, 0.25) is 0 Å². The second-order valence-corrected chi connectivity index (χ2v) is 8.91. The molecule has 8 nitrogen and oxygen atoms in total. The van der Waals surface area contributed by atoms with Gasteiger partial charge in [0.05, 0.1) is 26.2 Å². The second-order valence-electron chi connectivity index (χ2n) is 8.91. The van der Waals surface area contributed by atoms with Gasteiger partial charge in [0.15, 0.2) is 0 Å². The van der Waals surface area contributed by atoms with Crippen molar-refractivity contribution in [2.75, 3.05) is 20.2 Å². The second kappa shape index (κ2) is 11.7. The Bertz CT molecular complexity index is 1160. The van der Waals surface area contributed by atoms with Crippen molar-refractivity contribution in [1.29, 1.82) is 10.8 Å². The third-order valence-electron chi connectivity index (χ3n) is 6.51. The molecular formula is C27H34N6O2. The van der Waals surface area contributed by atoms with E-state index in [2.05, 4.69) is 21.7 Å². The van der Waals surface area contributed by atoms with Gasteiger partial charge in [0.2, 0.25) is 5.91 Å². The van der Waals surface area contributed by atoms with Gasteiger partial charge in [-0.2, -0.15) is 0 Å². The third kappa shape index (κ3) is 6.27. The van der Waals surface area contributed by atoms with Gasteiger partial charge >= 0.3 is 0 Å². The van der Waals surface area contributed by atoms with Crippen LogP contribution < -0.4 is 15.4 Å². The Morgan fingerprint density at radius 3 is 2.66 bits per heavy atom. The summed E-state index contributed by atoms with van der Waals surface area (Å²) in [5, 5.41) is 24.8. The molecule has 0 spiro atoms. The lowest BCUT2D eigenvalue weighted by molar-refractivity contribution is -0.123. The first-order chi connectivity index (χ1) is 17.0. The van der Waals surface area contributed by atoms with Crippen molar-refractivity contribution in [2.45, 2.75) is 44.7 Å². The Hall–Kier alpha value is -3.65. The van der Waals surface area contributed by atoms with Crippen molar-refractivity contribution in [1.82, 2.24) is 20.5 Å². The van der Waals surface area contributed by atoms with Crippen molar-refractivity contribution in [2.24, 2.45) is 0 Å². The lowest BCUT2D eigenvalue weighted by atomic mass is 10.0. The van der Waals surface area contributed by atoms with Gasteiger partial charge in [0.25, 0.3) is 0 Å². The van der Waals surface area contributed by atoms with E-state index in [4.69, 9.17) is 15.6 Å². The highest BCUT2D eigenvalue weighted by molar-refractivity contribution is 6.00. The van der Waals surface area contributed by atoms with Crippen LogP contribution in [0, 0.1) is 10.8 Å². The molecule has 184 valence electrons. The van der Waals surface area contributed by atoms with Crippen LogP contribution in [0.15, 0.2) is 54.7 Å². The summed E-state index contributed by atoms with van der Waals surface area (Å²) in [6, 6.07) is 15.6. The van der Waals surface area contributed by atoms with Crippen LogP contribution in [0.1, 0.15) is 36.8 Å². The van der Waals surface area contributed by atoms with Crippen LogP contribution >= 0.6 is 0 Å². The number of rotatable bonds is 9. The summed E-state index contributed by atoms with van der Waals surface area (Å²) < 4.78 is 5.25. The molecule has 0 aliphatic carbocycles. The lowest BCUT2D eigenvalue weighted by Crippen LogP contribution is -2.49. The summed E-state index contributed by atoms with van der Waals surface area (Å²) in [6.07, 6.45) is 6.10. The van der Waals surface area contributed by atoms with Gasteiger partial charge < -0.3 is 25.3 Å². The highest BCUT2D eigenvalue weighted by Crippen LogP contribution is 2.20. The van der Waals surface area contributed by atoms with Gasteiger partial charge in [-0.3, -0.25) is 15.6 Å². The molecular weight excluding hydrogens is 440 g/mol. The van der Waals surface area contributed by atoms with Gasteiger partial charge in [-0.25, -0.2) is 0 Å². The summed E-state index contributed by atoms with van der Waals surface area (Å²) in [5.74, 6) is 1.23. The molecule has 1 fully saturated rings. The molecule has 0 bridgehead atoms. The molecule has 2 heterocycles. The fourth-order valence-electron chi connectivity index (χ4n) is 4.46. The molecule has 1 atom stereocenters. The van der Waals surface area contributed by atoms with E-state index >= 15 is 0 Å². The predicted molar refractivity (Wildman–Crippen MR) is 139 cm³/mol. The molecule has 4 rings (SSSR count). The van der Waals surface area contributed by atoms with Gasteiger partial charge in [-0.05, 0) is 55.1 Å². The molecule has 1 aliphatic rings. The highest BCUT2D eigenvalue weighted by atomic mass is 16.5. The van der Waals surface area contributed by atoms with Crippen LogP contribution in [0.3, 0.4) is 0 Å². The average molecular weight is 475 g/mol. The van der Waals surface area contributed by atoms with Crippen LogP contribution in [0.25, 0.3) is 10.9 Å². The number of fused-ring (bicyclic) bond motifs is 1. The molecule has 35 heavy (non-hydrogen) atoms. The van der Waals surface area contributed by atoms with E-state index in [0.29, 0.717) is 25.2 Å². The number of nitrogens with zero attached hydrogens (tertiary/aromatic N) is 1. The van der Waals surface area contributed by atoms with Gasteiger partial charge in [-0.15, -0.1) is 0 Å². The molecule has 1 aromatic heterocycles. The number of ether oxygens (including phenoxy) is 1. The number of piperidine rings is 1. The largest absolute Gasteiger partial charge is 0.497 e. The van der Waals surface area contributed by atoms with E-state index in [9.17, 15) is 4.79 Å². The summed E-state index contributed by atoms with van der Waals surface area (Å²) in [4.78, 5) is 17.5. The predicted octanol–water partition coefficient (Wildman–Crippen LogP) is 3.82. The Labute approximate surface area is 206 Å². The Morgan fingerprint density at radius 1 is 1.11 bits per heavy atom. The number of amidine groups is 2. The Morgan fingerprint density at radius 2 is 1.91 bits per heavy atom. The number of aromatic amines is 1. The average Bonchev–Trinajstić information content (AvgIpc) is 3.32. The summed E-state index contributed by atoms with van der Waals surface area (Å²) >= 11 is 0. The number of para-hydroxylation sites is 1. The standard InChI is InChI=1S/C27H34N6O2/c1-35-21-12-9-19(10-13-21)18-33(26(29)17-32-27(34)24-8-4-5-15-30-24)25(28)14-11-20-16-31-23-7-3-2-6-22(20)23/h2-3,6-7,9-10,12-13,16,24,28-31H,4-5,8,11,14-15,17-18H2,1H3,(H,32,34). The maximum Gasteiger partial charge on any atom is 0.237 e. The Balaban J connectivity index is 1.43. The van der Waals surface area contributed by atoms with E-state index in [1.54, 1.807) is 12.0 Å². The number of hydrogen-bond donors (Lipinski definition) is 5. The minimum absolute atomic E-state index is 0.0795. The topological polar surface area (TPSA) is 117 Å². The van der Waals surface area contributed by atoms with E-state index in [1.807, 2.05) is 48.7 Å². The molecule has 8 heteroatoms. The monoisotopic (exact) mass is 474 g/mol. The van der Waals surface area contributed by atoms with Crippen molar-refractivity contribution in [3.63, 3.8) is 0 Å². The number of nitrogens with one attached hydrogen (secondary N) is 5. The number of benzene rings is 2. The number of carbonyl (C=O) groups excluding carboxylic acids is 1. The zero-order chi connectivity index (χ0) is 24.6. The van der Waals surface area contributed by atoms with E-state index in [0.717, 1.165) is 53.6 Å². The van der Waals surface area contributed by atoms with Crippen molar-refractivity contribution in [3.05, 3.63) is 65.9 Å². The highest BCUT2D eigenvalue weighted by Gasteiger charge is 2.22. The summed E-state index contributed by atoms with van der Waals surface area (Å²) in [5.41, 5.74) is 3.20. The maximum absolute atomic E-state index is 12.6. The van der Waals surface area contributed by atoms with Crippen LogP contribution in [0.5, 0.6) is 5.75 Å². The van der Waals surface area contributed by atoms with Crippen LogP contribution in [-0.2, 0) is 17.8 Å². The minimum atomic E-state index is -0.201. The van der Waals surface area contributed by atoms with E-state index in [-0.39, 0.29) is 24.3 Å². The molecule has 5 N–H and O–H groups in total. The lowest BCUT2D eigenvalue weighted by Gasteiger charge is -2.27. The van der Waals surface area contributed by atoms with E-state index in [1.165, 1.54) is 0 Å². The number of aryl methyl sites for hydroxylation is 1. The normalized spacial score (nSPS) is 15.5. The number of carbonyl (C=O) groups is 1. The molecule has 0 saturated carbocycles. The summed E-state index contributed by atoms with van der Waals surface area (Å²) in [6.45, 7) is 1.31. The van der Waals surface area contributed by atoms with E-state index < -0.39 is 0 Å². The Kier molecular flexibility index (Phi) is 8.15. The minimum Gasteiger partial charge on any atom is -0.497 e. The van der Waals surface area contributed by atoms with Gasteiger partial charge in [0.1, 0.15) is 17.4 Å². The molecule has 0 radical (unpaired) electrons. The molecule has 1 saturated heterocycles. The number of aromatic nitrogens is 1. The summed E-state index contributed by atoms with van der Waals surface area (Å²) in [7, 11) is 1.63. The van der Waals surface area contributed by atoms with Crippen molar-refractivity contribution in [3.8, 4) is 5.75 Å². The smallest absolute Gasteiger partial charge is 0.237 e. The van der Waals surface area contributed by atoms with Gasteiger partial charge in [-0.1, -0.05) is 36.8 Å². The number of hydrogen-bond acceptors (Lipinski definition) is 5. The van der Waals surface area contributed by atoms with Crippen LogP contribution in [0.4, 0.5) is 0 Å². The maximum atomic E-state index is 12.6. The SMILES string of the molecule is COc1ccc(CN(C(=N)CCc2c[nH]c3ccccc23)C(=N)CNC(=O)C2CCCCN2)cc1. The zero-order valence-corrected chi connectivity index (χ0v) is 20.2. The fourth-order valence-corrected chi connectivity index (χ4v) is 4.46. The number of amides is 1. The quantitative estimate of drug-likeness (QED) is 0.239. The third-order valence-corrected chi connectivity index (χ3v) is 6.51. The fraction of sp³-hybridized carbons (Fsp3) is 0.370. The molecule has 1 unspecified atom stereocenters. The first-order valence-electron chi connectivity index (χ1n) is 12.2. The van der Waals surface area contributed by atoms with Crippen molar-refractivity contribution >= 4 is 28.5 Å².